The minimum atomic E-state index is -0.466. The quantitative estimate of drug-likeness (QED) is 0.698. The fourth-order valence-corrected chi connectivity index (χ4v) is 2.28. The predicted molar refractivity (Wildman–Crippen MR) is 92.2 cm³/mol. The minimum Gasteiger partial charge on any atom is -0.461 e. The zero-order valence-corrected chi connectivity index (χ0v) is 13.5. The second-order valence-corrected chi connectivity index (χ2v) is 5.09. The number of benzene rings is 1. The van der Waals surface area contributed by atoms with Crippen LogP contribution in [-0.4, -0.2) is 33.4 Å². The van der Waals surface area contributed by atoms with Gasteiger partial charge in [0.25, 0.3) is 5.91 Å². The van der Waals surface area contributed by atoms with Crippen molar-refractivity contribution in [2.24, 2.45) is 0 Å². The fourth-order valence-electron chi connectivity index (χ4n) is 2.28. The molecule has 0 radical (unpaired) electrons. The van der Waals surface area contributed by atoms with E-state index < -0.39 is 5.97 Å². The lowest BCUT2D eigenvalue weighted by atomic mass is 10.1. The number of imidazole rings is 1. The first-order valence-electron chi connectivity index (χ1n) is 7.72. The third kappa shape index (κ3) is 3.72. The van der Waals surface area contributed by atoms with Crippen LogP contribution in [0, 0.1) is 0 Å². The highest BCUT2D eigenvalue weighted by atomic mass is 16.5. The number of aromatic nitrogens is 3. The van der Waals surface area contributed by atoms with Gasteiger partial charge in [0, 0.05) is 17.3 Å². The van der Waals surface area contributed by atoms with Crippen LogP contribution in [0.5, 0.6) is 0 Å². The Hall–Kier alpha value is -3.48. The summed E-state index contributed by atoms with van der Waals surface area (Å²) in [5, 5.41) is 2.71. The van der Waals surface area contributed by atoms with Crippen LogP contribution in [0.3, 0.4) is 0 Å². The summed E-state index contributed by atoms with van der Waals surface area (Å²) < 4.78 is 5.00. The Kier molecular flexibility index (Phi) is 4.84. The molecule has 0 saturated carbocycles. The Labute approximate surface area is 144 Å². The van der Waals surface area contributed by atoms with Gasteiger partial charge in [-0.05, 0) is 31.2 Å². The number of amides is 1. The maximum atomic E-state index is 12.2. The molecule has 1 aromatic carbocycles. The standard InChI is InChI=1S/C18H16N4O3/c1-2-25-18(24)16-15(20-11-21-16)12-6-8-13(9-7-12)17(23)22-14-5-3-4-10-19-14/h3-11H,2H2,1H3,(H,20,21)(H,19,22,23). The number of pyridine rings is 1. The maximum Gasteiger partial charge on any atom is 0.357 e. The molecule has 0 saturated heterocycles. The average molecular weight is 336 g/mol. The van der Waals surface area contributed by atoms with Gasteiger partial charge in [0.15, 0.2) is 5.69 Å². The van der Waals surface area contributed by atoms with E-state index in [2.05, 4.69) is 20.3 Å². The normalized spacial score (nSPS) is 10.3. The molecule has 2 heterocycles. The Balaban J connectivity index is 1.78. The lowest BCUT2D eigenvalue weighted by molar-refractivity contribution is 0.0521. The van der Waals surface area contributed by atoms with Crippen molar-refractivity contribution >= 4 is 17.7 Å². The molecule has 0 unspecified atom stereocenters. The van der Waals surface area contributed by atoms with Crippen LogP contribution in [0.2, 0.25) is 0 Å². The number of nitrogens with one attached hydrogen (secondary N) is 2. The Morgan fingerprint density at radius 3 is 2.60 bits per heavy atom. The van der Waals surface area contributed by atoms with Gasteiger partial charge in [-0.15, -0.1) is 0 Å². The summed E-state index contributed by atoms with van der Waals surface area (Å²) >= 11 is 0. The fraction of sp³-hybridized carbons (Fsp3) is 0.111. The van der Waals surface area contributed by atoms with Crippen LogP contribution in [0.1, 0.15) is 27.8 Å². The number of hydrogen-bond donors (Lipinski definition) is 2. The number of aromatic amines is 1. The van der Waals surface area contributed by atoms with E-state index in [0.717, 1.165) is 0 Å². The van der Waals surface area contributed by atoms with E-state index >= 15 is 0 Å². The van der Waals surface area contributed by atoms with Crippen LogP contribution in [-0.2, 0) is 4.74 Å². The molecule has 126 valence electrons. The van der Waals surface area contributed by atoms with E-state index in [1.165, 1.54) is 6.33 Å². The molecular formula is C18H16N4O3. The van der Waals surface area contributed by atoms with Gasteiger partial charge in [-0.3, -0.25) is 4.79 Å². The lowest BCUT2D eigenvalue weighted by Crippen LogP contribution is -2.12. The topological polar surface area (TPSA) is 97.0 Å². The van der Waals surface area contributed by atoms with E-state index in [4.69, 9.17) is 4.74 Å². The molecule has 3 aromatic rings. The first kappa shape index (κ1) is 16.4. The Morgan fingerprint density at radius 2 is 1.92 bits per heavy atom. The predicted octanol–water partition coefficient (Wildman–Crippen LogP) is 2.90. The molecule has 0 atom stereocenters. The number of nitrogens with zero attached hydrogens (tertiary/aromatic N) is 2. The van der Waals surface area contributed by atoms with Crippen LogP contribution in [0.15, 0.2) is 55.0 Å². The van der Waals surface area contributed by atoms with Gasteiger partial charge >= 0.3 is 5.97 Å². The highest BCUT2D eigenvalue weighted by Crippen LogP contribution is 2.22. The van der Waals surface area contributed by atoms with Crippen molar-refractivity contribution in [3.05, 3.63) is 66.2 Å². The van der Waals surface area contributed by atoms with Crippen LogP contribution >= 0.6 is 0 Å². The molecule has 2 aromatic heterocycles. The van der Waals surface area contributed by atoms with Gasteiger partial charge < -0.3 is 15.0 Å². The SMILES string of the molecule is CCOC(=O)c1[nH]cnc1-c1ccc(C(=O)Nc2ccccn2)cc1. The number of carbonyl (C=O) groups is 2. The highest BCUT2D eigenvalue weighted by Gasteiger charge is 2.17. The number of carbonyl (C=O) groups excluding carboxylic acids is 2. The summed E-state index contributed by atoms with van der Waals surface area (Å²) in [6, 6.07) is 12.1. The molecule has 25 heavy (non-hydrogen) atoms. The first-order chi connectivity index (χ1) is 12.2. The van der Waals surface area contributed by atoms with Crippen molar-refractivity contribution in [1.82, 2.24) is 15.0 Å². The molecule has 0 fully saturated rings. The van der Waals surface area contributed by atoms with E-state index in [1.807, 2.05) is 0 Å². The molecule has 0 bridgehead atoms. The van der Waals surface area contributed by atoms with Crippen LogP contribution in [0.4, 0.5) is 5.82 Å². The second kappa shape index (κ2) is 7.39. The van der Waals surface area contributed by atoms with Crippen molar-refractivity contribution < 1.29 is 14.3 Å². The van der Waals surface area contributed by atoms with Gasteiger partial charge in [-0.25, -0.2) is 14.8 Å². The molecule has 0 aliphatic rings. The molecule has 7 heteroatoms. The zero-order valence-electron chi connectivity index (χ0n) is 13.5. The molecule has 2 N–H and O–H groups in total. The Bertz CT molecular complexity index is 873. The first-order valence-corrected chi connectivity index (χ1v) is 7.72. The largest absolute Gasteiger partial charge is 0.461 e. The van der Waals surface area contributed by atoms with Crippen molar-refractivity contribution in [3.63, 3.8) is 0 Å². The van der Waals surface area contributed by atoms with Gasteiger partial charge in [0.1, 0.15) is 11.5 Å². The summed E-state index contributed by atoms with van der Waals surface area (Å²) in [6.07, 6.45) is 3.04. The van der Waals surface area contributed by atoms with Gasteiger partial charge in [-0.1, -0.05) is 18.2 Å². The van der Waals surface area contributed by atoms with Gasteiger partial charge in [0.2, 0.25) is 0 Å². The number of H-pyrrole nitrogens is 1. The van der Waals surface area contributed by atoms with Crippen molar-refractivity contribution in [2.75, 3.05) is 11.9 Å². The van der Waals surface area contributed by atoms with Crippen molar-refractivity contribution in [1.29, 1.82) is 0 Å². The van der Waals surface area contributed by atoms with E-state index in [0.29, 0.717) is 22.6 Å². The number of hydrogen-bond acceptors (Lipinski definition) is 5. The summed E-state index contributed by atoms with van der Waals surface area (Å²) in [5.41, 5.74) is 1.95. The van der Waals surface area contributed by atoms with Crippen molar-refractivity contribution in [3.8, 4) is 11.3 Å². The van der Waals surface area contributed by atoms with Crippen LogP contribution in [0.25, 0.3) is 11.3 Å². The molecule has 0 aliphatic carbocycles. The molecule has 0 aliphatic heterocycles. The van der Waals surface area contributed by atoms with Crippen molar-refractivity contribution in [2.45, 2.75) is 6.92 Å². The molecule has 0 spiro atoms. The average Bonchev–Trinajstić information content (AvgIpc) is 3.13. The third-order valence-electron chi connectivity index (χ3n) is 3.45. The van der Waals surface area contributed by atoms with E-state index in [1.54, 1.807) is 55.6 Å². The van der Waals surface area contributed by atoms with E-state index in [9.17, 15) is 9.59 Å². The monoisotopic (exact) mass is 336 g/mol. The van der Waals surface area contributed by atoms with Crippen LogP contribution < -0.4 is 5.32 Å². The summed E-state index contributed by atoms with van der Waals surface area (Å²) in [7, 11) is 0. The second-order valence-electron chi connectivity index (χ2n) is 5.09. The summed E-state index contributed by atoms with van der Waals surface area (Å²) in [6.45, 7) is 2.02. The smallest absolute Gasteiger partial charge is 0.357 e. The number of rotatable bonds is 5. The number of ether oxygens (including phenoxy) is 1. The van der Waals surface area contributed by atoms with Gasteiger partial charge in [-0.2, -0.15) is 0 Å². The summed E-state index contributed by atoms with van der Waals surface area (Å²) in [4.78, 5) is 35.1. The zero-order chi connectivity index (χ0) is 17.6. The lowest BCUT2D eigenvalue weighted by Gasteiger charge is -2.06. The maximum absolute atomic E-state index is 12.2. The number of anilines is 1. The molecule has 7 nitrogen and oxygen atoms in total. The van der Waals surface area contributed by atoms with E-state index in [-0.39, 0.29) is 18.2 Å². The highest BCUT2D eigenvalue weighted by molar-refractivity contribution is 6.04. The molecule has 3 rings (SSSR count). The Morgan fingerprint density at radius 1 is 1.12 bits per heavy atom. The third-order valence-corrected chi connectivity index (χ3v) is 3.45. The number of esters is 1. The minimum absolute atomic E-state index is 0.266. The van der Waals surface area contributed by atoms with Gasteiger partial charge in [0.05, 0.1) is 12.9 Å². The molecule has 1 amide bonds. The summed E-state index contributed by atoms with van der Waals surface area (Å²) in [5.74, 6) is -0.252. The molecular weight excluding hydrogens is 320 g/mol.